The SMILES string of the molecule is CCCCCNC(=O)NCc1ccc(Cl)cc1. The van der Waals surface area contributed by atoms with Crippen LogP contribution in [0.2, 0.25) is 5.02 Å². The van der Waals surface area contributed by atoms with E-state index in [-0.39, 0.29) is 6.03 Å². The van der Waals surface area contributed by atoms with E-state index in [1.54, 1.807) is 0 Å². The molecule has 3 nitrogen and oxygen atoms in total. The van der Waals surface area contributed by atoms with Crippen molar-refractivity contribution in [3.63, 3.8) is 0 Å². The summed E-state index contributed by atoms with van der Waals surface area (Å²) in [5, 5.41) is 6.33. The summed E-state index contributed by atoms with van der Waals surface area (Å²) < 4.78 is 0. The van der Waals surface area contributed by atoms with Crippen molar-refractivity contribution in [3.8, 4) is 0 Å². The highest BCUT2D eigenvalue weighted by atomic mass is 35.5. The molecule has 0 unspecified atom stereocenters. The van der Waals surface area contributed by atoms with Crippen LogP contribution in [0.4, 0.5) is 4.79 Å². The second kappa shape index (κ2) is 7.96. The Hall–Kier alpha value is -1.22. The first-order chi connectivity index (χ1) is 8.22. The van der Waals surface area contributed by atoms with Gasteiger partial charge in [-0.15, -0.1) is 0 Å². The number of nitrogens with one attached hydrogen (secondary N) is 2. The molecule has 0 spiro atoms. The third-order valence-electron chi connectivity index (χ3n) is 2.43. The Morgan fingerprint density at radius 1 is 1.18 bits per heavy atom. The molecule has 2 N–H and O–H groups in total. The average Bonchev–Trinajstić information content (AvgIpc) is 2.34. The second-order valence-electron chi connectivity index (χ2n) is 3.94. The number of unbranched alkanes of at least 4 members (excludes halogenated alkanes) is 2. The van der Waals surface area contributed by atoms with Crippen LogP contribution in [0.5, 0.6) is 0 Å². The summed E-state index contributed by atoms with van der Waals surface area (Å²) in [6, 6.07) is 7.32. The molecule has 94 valence electrons. The molecular weight excluding hydrogens is 236 g/mol. The van der Waals surface area contributed by atoms with Gasteiger partial charge in [0.05, 0.1) is 0 Å². The van der Waals surface area contributed by atoms with E-state index < -0.39 is 0 Å². The van der Waals surface area contributed by atoms with Crippen molar-refractivity contribution >= 4 is 17.6 Å². The normalized spacial score (nSPS) is 10.0. The topological polar surface area (TPSA) is 41.1 Å². The number of halogens is 1. The van der Waals surface area contributed by atoms with E-state index in [9.17, 15) is 4.79 Å². The minimum absolute atomic E-state index is 0.115. The quantitative estimate of drug-likeness (QED) is 0.752. The second-order valence-corrected chi connectivity index (χ2v) is 4.38. The summed E-state index contributed by atoms with van der Waals surface area (Å²) in [4.78, 5) is 11.4. The number of hydrogen-bond donors (Lipinski definition) is 2. The molecule has 0 saturated heterocycles. The van der Waals surface area contributed by atoms with Gasteiger partial charge in [-0.25, -0.2) is 4.79 Å². The minimum atomic E-state index is -0.115. The van der Waals surface area contributed by atoms with Gasteiger partial charge in [-0.1, -0.05) is 43.5 Å². The number of hydrogen-bond acceptors (Lipinski definition) is 1. The summed E-state index contributed by atoms with van der Waals surface area (Å²) in [6.45, 7) is 3.40. The maximum atomic E-state index is 11.4. The lowest BCUT2D eigenvalue weighted by atomic mass is 10.2. The van der Waals surface area contributed by atoms with Gasteiger partial charge < -0.3 is 10.6 Å². The molecule has 2 amide bonds. The van der Waals surface area contributed by atoms with Gasteiger partial charge >= 0.3 is 6.03 Å². The van der Waals surface area contributed by atoms with E-state index in [1.807, 2.05) is 24.3 Å². The molecule has 17 heavy (non-hydrogen) atoms. The van der Waals surface area contributed by atoms with Gasteiger partial charge in [0.15, 0.2) is 0 Å². The summed E-state index contributed by atoms with van der Waals surface area (Å²) in [7, 11) is 0. The van der Waals surface area contributed by atoms with Crippen LogP contribution in [-0.2, 0) is 6.54 Å². The fourth-order valence-corrected chi connectivity index (χ4v) is 1.55. The maximum absolute atomic E-state index is 11.4. The van der Waals surface area contributed by atoms with Crippen LogP contribution < -0.4 is 10.6 Å². The molecule has 0 fully saturated rings. The molecule has 0 aliphatic carbocycles. The van der Waals surface area contributed by atoms with E-state index in [0.717, 1.165) is 31.4 Å². The minimum Gasteiger partial charge on any atom is -0.338 e. The van der Waals surface area contributed by atoms with Crippen molar-refractivity contribution in [1.82, 2.24) is 10.6 Å². The van der Waals surface area contributed by atoms with Crippen molar-refractivity contribution in [1.29, 1.82) is 0 Å². The zero-order chi connectivity index (χ0) is 12.5. The monoisotopic (exact) mass is 254 g/mol. The lowest BCUT2D eigenvalue weighted by Gasteiger charge is -2.07. The molecule has 0 atom stereocenters. The third kappa shape index (κ3) is 6.17. The van der Waals surface area contributed by atoms with E-state index in [4.69, 9.17) is 11.6 Å². The van der Waals surface area contributed by atoms with Gasteiger partial charge in [0.25, 0.3) is 0 Å². The average molecular weight is 255 g/mol. The van der Waals surface area contributed by atoms with Gasteiger partial charge in [-0.05, 0) is 24.1 Å². The number of rotatable bonds is 6. The molecular formula is C13H19ClN2O. The number of benzene rings is 1. The predicted molar refractivity (Wildman–Crippen MR) is 71.2 cm³/mol. The lowest BCUT2D eigenvalue weighted by molar-refractivity contribution is 0.240. The highest BCUT2D eigenvalue weighted by Gasteiger charge is 1.99. The Morgan fingerprint density at radius 3 is 2.53 bits per heavy atom. The molecule has 1 aromatic rings. The van der Waals surface area contributed by atoms with Gasteiger partial charge in [0.1, 0.15) is 0 Å². The Balaban J connectivity index is 2.17. The van der Waals surface area contributed by atoms with E-state index in [0.29, 0.717) is 11.6 Å². The fourth-order valence-electron chi connectivity index (χ4n) is 1.42. The van der Waals surface area contributed by atoms with Crippen LogP contribution in [0.3, 0.4) is 0 Å². The fraction of sp³-hybridized carbons (Fsp3) is 0.462. The van der Waals surface area contributed by atoms with Gasteiger partial charge in [0.2, 0.25) is 0 Å². The molecule has 0 bridgehead atoms. The Labute approximate surface area is 108 Å². The van der Waals surface area contributed by atoms with Crippen LogP contribution in [0.15, 0.2) is 24.3 Å². The highest BCUT2D eigenvalue weighted by Crippen LogP contribution is 2.08. The van der Waals surface area contributed by atoms with Crippen molar-refractivity contribution in [2.45, 2.75) is 32.7 Å². The standard InChI is InChI=1S/C13H19ClN2O/c1-2-3-4-9-15-13(17)16-10-11-5-7-12(14)8-6-11/h5-8H,2-4,9-10H2,1H3,(H2,15,16,17). The molecule has 1 rings (SSSR count). The Bertz CT molecular complexity index is 338. The lowest BCUT2D eigenvalue weighted by Crippen LogP contribution is -2.35. The molecule has 0 radical (unpaired) electrons. The van der Waals surface area contributed by atoms with Crippen molar-refractivity contribution in [2.75, 3.05) is 6.54 Å². The van der Waals surface area contributed by atoms with Gasteiger partial charge in [0, 0.05) is 18.1 Å². The van der Waals surface area contributed by atoms with Crippen molar-refractivity contribution < 1.29 is 4.79 Å². The Morgan fingerprint density at radius 2 is 1.88 bits per heavy atom. The van der Waals surface area contributed by atoms with Gasteiger partial charge in [-0.2, -0.15) is 0 Å². The number of amides is 2. The van der Waals surface area contributed by atoms with Gasteiger partial charge in [-0.3, -0.25) is 0 Å². The first-order valence-electron chi connectivity index (χ1n) is 5.98. The molecule has 1 aromatic carbocycles. The van der Waals surface area contributed by atoms with Crippen molar-refractivity contribution in [3.05, 3.63) is 34.9 Å². The number of carbonyl (C=O) groups excluding carboxylic acids is 1. The molecule has 0 saturated carbocycles. The van der Waals surface area contributed by atoms with Crippen LogP contribution in [0.1, 0.15) is 31.7 Å². The molecule has 0 aliphatic rings. The van der Waals surface area contributed by atoms with Crippen LogP contribution in [-0.4, -0.2) is 12.6 Å². The zero-order valence-corrected chi connectivity index (χ0v) is 10.9. The number of urea groups is 1. The summed E-state index contributed by atoms with van der Waals surface area (Å²) in [6.07, 6.45) is 3.34. The summed E-state index contributed by atoms with van der Waals surface area (Å²) in [5.41, 5.74) is 1.04. The first kappa shape index (κ1) is 13.8. The van der Waals surface area contributed by atoms with Crippen LogP contribution >= 0.6 is 11.6 Å². The smallest absolute Gasteiger partial charge is 0.315 e. The predicted octanol–water partition coefficient (Wildman–Crippen LogP) is 3.33. The van der Waals surface area contributed by atoms with Crippen molar-refractivity contribution in [2.24, 2.45) is 0 Å². The van der Waals surface area contributed by atoms with E-state index in [1.165, 1.54) is 0 Å². The maximum Gasteiger partial charge on any atom is 0.315 e. The number of carbonyl (C=O) groups is 1. The first-order valence-corrected chi connectivity index (χ1v) is 6.36. The van der Waals surface area contributed by atoms with E-state index >= 15 is 0 Å². The molecule has 0 aromatic heterocycles. The molecule has 4 heteroatoms. The van der Waals surface area contributed by atoms with E-state index in [2.05, 4.69) is 17.6 Å². The highest BCUT2D eigenvalue weighted by molar-refractivity contribution is 6.30. The largest absolute Gasteiger partial charge is 0.338 e. The van der Waals surface area contributed by atoms with Crippen LogP contribution in [0.25, 0.3) is 0 Å². The summed E-state index contributed by atoms with van der Waals surface area (Å²) in [5.74, 6) is 0. The van der Waals surface area contributed by atoms with Crippen LogP contribution in [0, 0.1) is 0 Å². The zero-order valence-electron chi connectivity index (χ0n) is 10.1. The Kier molecular flexibility index (Phi) is 6.48. The molecule has 0 aliphatic heterocycles. The third-order valence-corrected chi connectivity index (χ3v) is 2.68. The summed E-state index contributed by atoms with van der Waals surface area (Å²) >= 11 is 5.77. The molecule has 0 heterocycles.